The highest BCUT2D eigenvalue weighted by molar-refractivity contribution is 6.49. The highest BCUT2D eigenvalue weighted by atomic mass is 16.7. The summed E-state index contributed by atoms with van der Waals surface area (Å²) in [5.74, 6) is 1.77. The standard InChI is InChI=1S/C27H26O8/c1-30-20-9-6-16(11-22(20)32-3)5-7-17-12-24-25(35-15-34-24)14-19(17)27(29)26(28)18-8-10-21(31-2)23(13-18)33-4/h6,8-14H,5,7,15H2,1-4H3. The molecular weight excluding hydrogens is 452 g/mol. The monoisotopic (exact) mass is 478 g/mol. The summed E-state index contributed by atoms with van der Waals surface area (Å²) in [5, 5.41) is 0. The molecule has 0 aromatic heterocycles. The minimum absolute atomic E-state index is 0.0612. The zero-order chi connectivity index (χ0) is 24.9. The molecule has 8 nitrogen and oxygen atoms in total. The number of fused-ring (bicyclic) bond motifs is 1. The van der Waals surface area contributed by atoms with E-state index in [0.29, 0.717) is 52.9 Å². The maximum atomic E-state index is 13.4. The van der Waals surface area contributed by atoms with E-state index in [1.54, 1.807) is 32.4 Å². The number of Topliss-reactive ketones (excluding diaryl/α,β-unsaturated/α-hetero) is 2. The van der Waals surface area contributed by atoms with Crippen LogP contribution in [0.4, 0.5) is 0 Å². The van der Waals surface area contributed by atoms with Gasteiger partial charge in [0.15, 0.2) is 34.5 Å². The maximum absolute atomic E-state index is 13.4. The number of ether oxygens (including phenoxy) is 6. The lowest BCUT2D eigenvalue weighted by Gasteiger charge is -2.13. The number of hydrogen-bond donors (Lipinski definition) is 0. The number of aryl methyl sites for hydroxylation is 2. The van der Waals surface area contributed by atoms with Crippen LogP contribution in [0.2, 0.25) is 0 Å². The van der Waals surface area contributed by atoms with Crippen LogP contribution in [0.5, 0.6) is 34.5 Å². The van der Waals surface area contributed by atoms with Gasteiger partial charge in [0.1, 0.15) is 0 Å². The number of carbonyl (C=O) groups is 2. The lowest BCUT2D eigenvalue weighted by molar-refractivity contribution is 0.0816. The van der Waals surface area contributed by atoms with Gasteiger partial charge in [-0.25, -0.2) is 0 Å². The first-order valence-electron chi connectivity index (χ1n) is 10.9. The fourth-order valence-electron chi connectivity index (χ4n) is 3.95. The molecule has 0 fully saturated rings. The normalized spacial score (nSPS) is 11.7. The van der Waals surface area contributed by atoms with Crippen molar-refractivity contribution in [3.63, 3.8) is 0 Å². The first-order valence-corrected chi connectivity index (χ1v) is 10.9. The zero-order valence-electron chi connectivity index (χ0n) is 20.0. The molecule has 0 saturated heterocycles. The van der Waals surface area contributed by atoms with Gasteiger partial charge < -0.3 is 28.4 Å². The summed E-state index contributed by atoms with van der Waals surface area (Å²) in [5.41, 5.74) is 2.15. The van der Waals surface area contributed by atoms with Crippen molar-refractivity contribution in [3.05, 3.63) is 70.8 Å². The lowest BCUT2D eigenvalue weighted by Crippen LogP contribution is -2.17. The molecule has 0 atom stereocenters. The van der Waals surface area contributed by atoms with Gasteiger partial charge in [0.25, 0.3) is 0 Å². The molecule has 182 valence electrons. The molecule has 4 rings (SSSR count). The summed E-state index contributed by atoms with van der Waals surface area (Å²) in [6, 6.07) is 13.6. The van der Waals surface area contributed by atoms with Gasteiger partial charge in [0, 0.05) is 11.1 Å². The van der Waals surface area contributed by atoms with E-state index in [4.69, 9.17) is 28.4 Å². The third-order valence-corrected chi connectivity index (χ3v) is 5.83. The van der Waals surface area contributed by atoms with Crippen LogP contribution in [0.25, 0.3) is 0 Å². The van der Waals surface area contributed by atoms with E-state index in [1.807, 2.05) is 18.2 Å². The average Bonchev–Trinajstić information content (AvgIpc) is 3.37. The largest absolute Gasteiger partial charge is 0.493 e. The van der Waals surface area contributed by atoms with Crippen molar-refractivity contribution in [2.45, 2.75) is 12.8 Å². The van der Waals surface area contributed by atoms with Crippen LogP contribution in [0.15, 0.2) is 48.5 Å². The Labute approximate surface area is 203 Å². The van der Waals surface area contributed by atoms with Crippen molar-refractivity contribution in [2.75, 3.05) is 35.2 Å². The topological polar surface area (TPSA) is 89.5 Å². The summed E-state index contributed by atoms with van der Waals surface area (Å²) in [7, 11) is 6.13. The molecule has 3 aromatic carbocycles. The van der Waals surface area contributed by atoms with E-state index < -0.39 is 11.6 Å². The van der Waals surface area contributed by atoms with E-state index in [-0.39, 0.29) is 17.9 Å². The summed E-state index contributed by atoms with van der Waals surface area (Å²) in [4.78, 5) is 26.5. The van der Waals surface area contributed by atoms with Crippen LogP contribution in [0.1, 0.15) is 31.8 Å². The minimum Gasteiger partial charge on any atom is -0.493 e. The Hall–Kier alpha value is -4.20. The van der Waals surface area contributed by atoms with E-state index in [2.05, 4.69) is 0 Å². The lowest BCUT2D eigenvalue weighted by atomic mass is 9.93. The molecule has 0 radical (unpaired) electrons. The third kappa shape index (κ3) is 4.87. The molecule has 1 aliphatic rings. The van der Waals surface area contributed by atoms with Crippen molar-refractivity contribution in [1.29, 1.82) is 0 Å². The predicted molar refractivity (Wildman–Crippen MR) is 128 cm³/mol. The smallest absolute Gasteiger partial charge is 0.233 e. The number of ketones is 2. The Morgan fingerprint density at radius 3 is 1.94 bits per heavy atom. The molecule has 1 heterocycles. The second-order valence-corrected chi connectivity index (χ2v) is 7.78. The number of benzene rings is 3. The second kappa shape index (κ2) is 10.4. The first kappa shape index (κ1) is 23.9. The van der Waals surface area contributed by atoms with Crippen LogP contribution >= 0.6 is 0 Å². The summed E-state index contributed by atoms with van der Waals surface area (Å²) < 4.78 is 32.2. The Morgan fingerprint density at radius 2 is 1.29 bits per heavy atom. The molecule has 0 bridgehead atoms. The van der Waals surface area contributed by atoms with Crippen molar-refractivity contribution < 1.29 is 38.0 Å². The summed E-state index contributed by atoms with van der Waals surface area (Å²) in [6.07, 6.45) is 1.09. The SMILES string of the molecule is COc1ccc(CCc2cc3c(cc2C(=O)C(=O)c2ccc(OC)c(OC)c2)OCO3)cc1OC. The molecule has 3 aromatic rings. The van der Waals surface area contributed by atoms with Crippen molar-refractivity contribution in [2.24, 2.45) is 0 Å². The Kier molecular flexibility index (Phi) is 7.10. The third-order valence-electron chi connectivity index (χ3n) is 5.83. The van der Waals surface area contributed by atoms with E-state index in [0.717, 1.165) is 5.56 Å². The van der Waals surface area contributed by atoms with Crippen LogP contribution in [-0.4, -0.2) is 46.8 Å². The fraction of sp³-hybridized carbons (Fsp3) is 0.259. The van der Waals surface area contributed by atoms with Gasteiger partial charge in [-0.1, -0.05) is 6.07 Å². The van der Waals surface area contributed by atoms with Gasteiger partial charge in [-0.2, -0.15) is 0 Å². The van der Waals surface area contributed by atoms with Crippen LogP contribution in [0.3, 0.4) is 0 Å². The number of rotatable bonds is 10. The Balaban J connectivity index is 1.64. The second-order valence-electron chi connectivity index (χ2n) is 7.78. The van der Waals surface area contributed by atoms with Gasteiger partial charge in [-0.3, -0.25) is 9.59 Å². The Morgan fingerprint density at radius 1 is 0.686 bits per heavy atom. The molecule has 0 amide bonds. The molecular formula is C27H26O8. The van der Waals surface area contributed by atoms with E-state index in [1.165, 1.54) is 26.4 Å². The van der Waals surface area contributed by atoms with Crippen LogP contribution in [-0.2, 0) is 12.8 Å². The van der Waals surface area contributed by atoms with E-state index >= 15 is 0 Å². The highest BCUT2D eigenvalue weighted by Crippen LogP contribution is 2.36. The van der Waals surface area contributed by atoms with Gasteiger partial charge in [-0.15, -0.1) is 0 Å². The summed E-state index contributed by atoms with van der Waals surface area (Å²) >= 11 is 0. The quantitative estimate of drug-likeness (QED) is 0.315. The minimum atomic E-state index is -0.655. The zero-order valence-corrected chi connectivity index (χ0v) is 20.0. The Bertz CT molecular complexity index is 1260. The van der Waals surface area contributed by atoms with Crippen LogP contribution in [0, 0.1) is 0 Å². The predicted octanol–water partition coefficient (Wildman–Crippen LogP) is 4.30. The summed E-state index contributed by atoms with van der Waals surface area (Å²) in [6.45, 7) is 0.0612. The molecule has 1 aliphatic heterocycles. The van der Waals surface area contributed by atoms with Gasteiger partial charge in [0.05, 0.1) is 28.4 Å². The molecule has 0 spiro atoms. The van der Waals surface area contributed by atoms with Crippen molar-refractivity contribution in [3.8, 4) is 34.5 Å². The molecule has 0 unspecified atom stereocenters. The molecule has 0 aliphatic carbocycles. The van der Waals surface area contributed by atoms with Crippen LogP contribution < -0.4 is 28.4 Å². The number of hydrogen-bond acceptors (Lipinski definition) is 8. The number of methoxy groups -OCH3 is 4. The fourth-order valence-corrected chi connectivity index (χ4v) is 3.95. The average molecular weight is 478 g/mol. The van der Waals surface area contributed by atoms with Crippen molar-refractivity contribution in [1.82, 2.24) is 0 Å². The van der Waals surface area contributed by atoms with Crippen molar-refractivity contribution >= 4 is 11.6 Å². The van der Waals surface area contributed by atoms with E-state index in [9.17, 15) is 9.59 Å². The van der Waals surface area contributed by atoms with Gasteiger partial charge >= 0.3 is 0 Å². The molecule has 0 saturated carbocycles. The number of carbonyl (C=O) groups excluding carboxylic acids is 2. The highest BCUT2D eigenvalue weighted by Gasteiger charge is 2.26. The maximum Gasteiger partial charge on any atom is 0.233 e. The molecule has 8 heteroatoms. The van der Waals surface area contributed by atoms with Gasteiger partial charge in [0.2, 0.25) is 18.4 Å². The van der Waals surface area contributed by atoms with Gasteiger partial charge in [-0.05, 0) is 66.4 Å². The molecule has 0 N–H and O–H groups in total. The first-order chi connectivity index (χ1) is 17.0. The molecule has 35 heavy (non-hydrogen) atoms.